The average molecular weight is 396 g/mol. The number of carbonyl (C=O) groups excluding carboxylic acids is 1. The van der Waals surface area contributed by atoms with E-state index in [1.54, 1.807) is 12.1 Å². The van der Waals surface area contributed by atoms with Crippen LogP contribution in [0.2, 0.25) is 0 Å². The van der Waals surface area contributed by atoms with E-state index in [0.29, 0.717) is 55.5 Å². The summed E-state index contributed by atoms with van der Waals surface area (Å²) in [6.45, 7) is 6.79. The first kappa shape index (κ1) is 20.6. The Balaban J connectivity index is 1.59. The predicted octanol–water partition coefficient (Wildman–Crippen LogP) is 3.25. The largest absolute Gasteiger partial charge is 0.492 e. The molecule has 1 unspecified atom stereocenters. The number of nitrogens with zero attached hydrogens (tertiary/aromatic N) is 3. The molecule has 1 fully saturated rings. The number of rotatable bonds is 6. The van der Waals surface area contributed by atoms with Gasteiger partial charge in [-0.15, -0.1) is 0 Å². The number of carbonyl (C=O) groups is 1. The van der Waals surface area contributed by atoms with Crippen molar-refractivity contribution in [3.63, 3.8) is 0 Å². The second kappa shape index (κ2) is 9.39. The van der Waals surface area contributed by atoms with Crippen LogP contribution in [0.5, 0.6) is 5.75 Å². The van der Waals surface area contributed by atoms with Crippen LogP contribution in [0.1, 0.15) is 19.4 Å². The van der Waals surface area contributed by atoms with Gasteiger partial charge in [0.25, 0.3) is 0 Å². The Bertz CT molecular complexity index is 904. The van der Waals surface area contributed by atoms with Gasteiger partial charge in [0.1, 0.15) is 11.6 Å². The van der Waals surface area contributed by atoms with Gasteiger partial charge >= 0.3 is 0 Å². The van der Waals surface area contributed by atoms with E-state index in [4.69, 9.17) is 10.00 Å². The number of benzene rings is 2. The van der Waals surface area contributed by atoms with Crippen LogP contribution < -0.4 is 15.0 Å². The van der Waals surface area contributed by atoms with Crippen molar-refractivity contribution in [2.45, 2.75) is 19.9 Å². The molecule has 0 spiro atoms. The number of piperazine rings is 1. The number of halogens is 1. The van der Waals surface area contributed by atoms with E-state index in [9.17, 15) is 9.18 Å². The molecule has 0 saturated carbocycles. The van der Waals surface area contributed by atoms with Gasteiger partial charge in [-0.2, -0.15) is 5.26 Å². The molecule has 29 heavy (non-hydrogen) atoms. The summed E-state index contributed by atoms with van der Waals surface area (Å²) in [5.41, 5.74) is 1.46. The molecular formula is C22H25FN4O2. The minimum absolute atomic E-state index is 0.102. The van der Waals surface area contributed by atoms with Crippen LogP contribution in [0.15, 0.2) is 42.5 Å². The van der Waals surface area contributed by atoms with Gasteiger partial charge < -0.3 is 15.0 Å². The van der Waals surface area contributed by atoms with E-state index >= 15 is 0 Å². The molecule has 1 saturated heterocycles. The van der Waals surface area contributed by atoms with Crippen molar-refractivity contribution in [2.75, 3.05) is 43.0 Å². The molecular weight excluding hydrogens is 371 g/mol. The van der Waals surface area contributed by atoms with Crippen LogP contribution in [-0.2, 0) is 4.79 Å². The van der Waals surface area contributed by atoms with Crippen LogP contribution >= 0.6 is 0 Å². The fraction of sp³-hybridized carbons (Fsp3) is 0.364. The van der Waals surface area contributed by atoms with Crippen LogP contribution in [0.4, 0.5) is 15.8 Å². The number of hydrogen-bond donors (Lipinski definition) is 1. The Morgan fingerprint density at radius 2 is 1.97 bits per heavy atom. The molecule has 1 aliphatic rings. The molecule has 0 aliphatic carbocycles. The van der Waals surface area contributed by atoms with Gasteiger partial charge in [-0.05, 0) is 44.2 Å². The summed E-state index contributed by atoms with van der Waals surface area (Å²) in [5, 5.41) is 11.8. The van der Waals surface area contributed by atoms with E-state index in [2.05, 4.69) is 10.2 Å². The van der Waals surface area contributed by atoms with Crippen LogP contribution in [0, 0.1) is 17.1 Å². The highest BCUT2D eigenvalue weighted by atomic mass is 19.1. The van der Waals surface area contributed by atoms with E-state index in [0.717, 1.165) is 0 Å². The van der Waals surface area contributed by atoms with Crippen LogP contribution in [-0.4, -0.2) is 49.6 Å². The second-order valence-electron chi connectivity index (χ2n) is 6.90. The molecule has 2 aromatic carbocycles. The van der Waals surface area contributed by atoms with Gasteiger partial charge in [0.05, 0.1) is 35.7 Å². The molecule has 0 radical (unpaired) electrons. The quantitative estimate of drug-likeness (QED) is 0.812. The average Bonchev–Trinajstić information content (AvgIpc) is 2.74. The van der Waals surface area contributed by atoms with Gasteiger partial charge in [0, 0.05) is 26.2 Å². The maximum absolute atomic E-state index is 14.3. The monoisotopic (exact) mass is 396 g/mol. The zero-order valence-corrected chi connectivity index (χ0v) is 16.7. The van der Waals surface area contributed by atoms with Crippen molar-refractivity contribution < 1.29 is 13.9 Å². The van der Waals surface area contributed by atoms with Crippen LogP contribution in [0.25, 0.3) is 0 Å². The zero-order valence-electron chi connectivity index (χ0n) is 16.7. The van der Waals surface area contributed by atoms with Gasteiger partial charge in [-0.3, -0.25) is 9.69 Å². The third-order valence-electron chi connectivity index (χ3n) is 5.10. The van der Waals surface area contributed by atoms with Gasteiger partial charge in [-0.25, -0.2) is 4.39 Å². The summed E-state index contributed by atoms with van der Waals surface area (Å²) < 4.78 is 19.8. The maximum atomic E-state index is 14.3. The van der Waals surface area contributed by atoms with Crippen molar-refractivity contribution in [1.29, 1.82) is 5.26 Å². The Morgan fingerprint density at radius 3 is 2.62 bits per heavy atom. The summed E-state index contributed by atoms with van der Waals surface area (Å²) in [4.78, 5) is 16.8. The molecule has 7 heteroatoms. The molecule has 0 bridgehead atoms. The number of anilines is 2. The molecule has 6 nitrogen and oxygen atoms in total. The fourth-order valence-electron chi connectivity index (χ4n) is 3.44. The SMILES string of the molecule is CCOc1ccccc1NC(=O)C(C)N1CCN(c2ccc(C#N)cc2F)CC1. The third-order valence-corrected chi connectivity index (χ3v) is 5.10. The van der Waals surface area contributed by atoms with Crippen molar-refractivity contribution in [3.05, 3.63) is 53.8 Å². The summed E-state index contributed by atoms with van der Waals surface area (Å²) in [6, 6.07) is 13.5. The molecule has 152 valence electrons. The predicted molar refractivity (Wildman–Crippen MR) is 111 cm³/mol. The van der Waals surface area contributed by atoms with Crippen molar-refractivity contribution in [1.82, 2.24) is 4.90 Å². The lowest BCUT2D eigenvalue weighted by Crippen LogP contribution is -2.53. The molecule has 1 aliphatic heterocycles. The number of para-hydroxylation sites is 2. The lowest BCUT2D eigenvalue weighted by atomic mass is 10.1. The second-order valence-corrected chi connectivity index (χ2v) is 6.90. The van der Waals surface area contributed by atoms with Crippen molar-refractivity contribution in [2.24, 2.45) is 0 Å². The molecule has 3 rings (SSSR count). The summed E-state index contributed by atoms with van der Waals surface area (Å²) in [7, 11) is 0. The van der Waals surface area contributed by atoms with Crippen molar-refractivity contribution >= 4 is 17.3 Å². The van der Waals surface area contributed by atoms with E-state index in [-0.39, 0.29) is 11.9 Å². The van der Waals surface area contributed by atoms with Gasteiger partial charge in [0.15, 0.2) is 0 Å². The first-order valence-corrected chi connectivity index (χ1v) is 9.74. The zero-order chi connectivity index (χ0) is 20.8. The van der Waals surface area contributed by atoms with Gasteiger partial charge in [-0.1, -0.05) is 12.1 Å². The number of hydrogen-bond acceptors (Lipinski definition) is 5. The number of nitriles is 1. The molecule has 1 atom stereocenters. The minimum atomic E-state index is -0.393. The molecule has 1 heterocycles. The molecule has 1 amide bonds. The molecule has 0 aromatic heterocycles. The Kier molecular flexibility index (Phi) is 6.68. The topological polar surface area (TPSA) is 68.6 Å². The number of amides is 1. The van der Waals surface area contributed by atoms with Crippen molar-refractivity contribution in [3.8, 4) is 11.8 Å². The van der Waals surface area contributed by atoms with E-state index in [1.807, 2.05) is 49.1 Å². The van der Waals surface area contributed by atoms with Gasteiger partial charge in [0.2, 0.25) is 5.91 Å². The molecule has 1 N–H and O–H groups in total. The Hall–Kier alpha value is -3.11. The summed E-state index contributed by atoms with van der Waals surface area (Å²) in [5.74, 6) is 0.155. The first-order valence-electron chi connectivity index (χ1n) is 9.74. The highest BCUT2D eigenvalue weighted by molar-refractivity contribution is 5.95. The highest BCUT2D eigenvalue weighted by Crippen LogP contribution is 2.25. The highest BCUT2D eigenvalue weighted by Gasteiger charge is 2.27. The Morgan fingerprint density at radius 1 is 1.24 bits per heavy atom. The Labute approximate surface area is 170 Å². The number of nitrogens with one attached hydrogen (secondary N) is 1. The fourth-order valence-corrected chi connectivity index (χ4v) is 3.44. The number of ether oxygens (including phenoxy) is 1. The minimum Gasteiger partial charge on any atom is -0.492 e. The lowest BCUT2D eigenvalue weighted by Gasteiger charge is -2.38. The lowest BCUT2D eigenvalue weighted by molar-refractivity contribution is -0.120. The smallest absolute Gasteiger partial charge is 0.241 e. The maximum Gasteiger partial charge on any atom is 0.241 e. The van der Waals surface area contributed by atoms with E-state index in [1.165, 1.54) is 6.07 Å². The first-order chi connectivity index (χ1) is 14.0. The summed E-state index contributed by atoms with van der Waals surface area (Å²) in [6.07, 6.45) is 0. The third kappa shape index (κ3) is 4.84. The van der Waals surface area contributed by atoms with E-state index < -0.39 is 5.82 Å². The molecule has 2 aromatic rings. The van der Waals surface area contributed by atoms with Crippen LogP contribution in [0.3, 0.4) is 0 Å². The standard InChI is InChI=1S/C22H25FN4O2/c1-3-29-21-7-5-4-6-19(21)25-22(28)16(2)26-10-12-27(13-11-26)20-9-8-17(15-24)14-18(20)23/h4-9,14,16H,3,10-13H2,1-2H3,(H,25,28). The normalized spacial score (nSPS) is 15.4. The summed E-state index contributed by atoms with van der Waals surface area (Å²) >= 11 is 0.